The molecule has 2 aliphatic rings. The molecule has 0 bridgehead atoms. The third kappa shape index (κ3) is 5.61. The third-order valence-electron chi connectivity index (χ3n) is 5.72. The SMILES string of the molecule is N#Cc1ccc(OCCOC(=O)C2CCN(S(=O)(=O)c3ccc4c(c3)OCCCO4)CC2)cc1. The molecule has 180 valence electrons. The summed E-state index contributed by atoms with van der Waals surface area (Å²) in [5, 5.41) is 8.80. The molecule has 2 aromatic rings. The molecule has 0 radical (unpaired) electrons. The Hall–Kier alpha value is -3.29. The number of benzene rings is 2. The number of rotatable bonds is 7. The van der Waals surface area contributed by atoms with Gasteiger partial charge in [0.2, 0.25) is 10.0 Å². The first-order valence-corrected chi connectivity index (χ1v) is 12.6. The van der Waals surface area contributed by atoms with E-state index in [1.165, 1.54) is 16.4 Å². The van der Waals surface area contributed by atoms with Crippen molar-refractivity contribution in [1.82, 2.24) is 4.31 Å². The zero-order valence-electron chi connectivity index (χ0n) is 18.6. The third-order valence-corrected chi connectivity index (χ3v) is 7.62. The summed E-state index contributed by atoms with van der Waals surface area (Å²) in [6, 6.07) is 13.3. The van der Waals surface area contributed by atoms with Gasteiger partial charge in [0.25, 0.3) is 0 Å². The fourth-order valence-electron chi connectivity index (χ4n) is 3.83. The van der Waals surface area contributed by atoms with Gasteiger partial charge in [-0.25, -0.2) is 8.42 Å². The molecule has 2 heterocycles. The Kier molecular flexibility index (Phi) is 7.55. The van der Waals surface area contributed by atoms with Gasteiger partial charge in [0.15, 0.2) is 11.5 Å². The number of hydrogen-bond donors (Lipinski definition) is 0. The first-order chi connectivity index (χ1) is 16.5. The molecule has 2 aromatic carbocycles. The average Bonchev–Trinajstić information content (AvgIpc) is 3.12. The van der Waals surface area contributed by atoms with Crippen LogP contribution in [0.25, 0.3) is 0 Å². The molecule has 10 heteroatoms. The fraction of sp³-hybridized carbons (Fsp3) is 0.417. The van der Waals surface area contributed by atoms with Gasteiger partial charge in [-0.1, -0.05) is 0 Å². The van der Waals surface area contributed by atoms with Crippen LogP contribution >= 0.6 is 0 Å². The van der Waals surface area contributed by atoms with E-state index >= 15 is 0 Å². The summed E-state index contributed by atoms with van der Waals surface area (Å²) >= 11 is 0. The molecule has 1 fully saturated rings. The molecule has 0 unspecified atom stereocenters. The maximum Gasteiger partial charge on any atom is 0.309 e. The summed E-state index contributed by atoms with van der Waals surface area (Å²) in [6.07, 6.45) is 1.51. The molecule has 1 saturated heterocycles. The van der Waals surface area contributed by atoms with Crippen LogP contribution in [0, 0.1) is 17.2 Å². The van der Waals surface area contributed by atoms with Gasteiger partial charge in [-0.05, 0) is 49.2 Å². The van der Waals surface area contributed by atoms with Gasteiger partial charge in [0.05, 0.1) is 35.7 Å². The van der Waals surface area contributed by atoms with E-state index in [4.69, 9.17) is 24.2 Å². The van der Waals surface area contributed by atoms with Crippen molar-refractivity contribution in [3.8, 4) is 23.3 Å². The van der Waals surface area contributed by atoms with Crippen molar-refractivity contribution >= 4 is 16.0 Å². The quantitative estimate of drug-likeness (QED) is 0.433. The number of esters is 1. The number of carbonyl (C=O) groups excluding carboxylic acids is 1. The minimum Gasteiger partial charge on any atom is -0.490 e. The molecule has 0 amide bonds. The molecule has 34 heavy (non-hydrogen) atoms. The van der Waals surface area contributed by atoms with Crippen LogP contribution in [0.4, 0.5) is 0 Å². The Morgan fingerprint density at radius 1 is 1.03 bits per heavy atom. The molecule has 0 spiro atoms. The summed E-state index contributed by atoms with van der Waals surface area (Å²) in [7, 11) is -3.71. The van der Waals surface area contributed by atoms with Crippen LogP contribution < -0.4 is 14.2 Å². The molecule has 0 aromatic heterocycles. The highest BCUT2D eigenvalue weighted by molar-refractivity contribution is 7.89. The van der Waals surface area contributed by atoms with Crippen LogP contribution in [0.1, 0.15) is 24.8 Å². The number of nitrogens with zero attached hydrogens (tertiary/aromatic N) is 2. The highest BCUT2D eigenvalue weighted by atomic mass is 32.2. The van der Waals surface area contributed by atoms with Gasteiger partial charge in [-0.2, -0.15) is 9.57 Å². The molecule has 0 atom stereocenters. The van der Waals surface area contributed by atoms with E-state index in [0.717, 1.165) is 6.42 Å². The Bertz CT molecular complexity index is 1150. The predicted molar refractivity (Wildman–Crippen MR) is 121 cm³/mol. The summed E-state index contributed by atoms with van der Waals surface area (Å²) in [6.45, 7) is 1.76. The van der Waals surface area contributed by atoms with Gasteiger partial charge < -0.3 is 18.9 Å². The Morgan fingerprint density at radius 3 is 2.44 bits per heavy atom. The maximum absolute atomic E-state index is 13.1. The molecule has 4 rings (SSSR count). The van der Waals surface area contributed by atoms with E-state index < -0.39 is 10.0 Å². The lowest BCUT2D eigenvalue weighted by Crippen LogP contribution is -2.40. The number of hydrogen-bond acceptors (Lipinski definition) is 8. The lowest BCUT2D eigenvalue weighted by Gasteiger charge is -2.30. The second-order valence-corrected chi connectivity index (χ2v) is 9.93. The van der Waals surface area contributed by atoms with E-state index in [1.807, 2.05) is 6.07 Å². The normalized spacial score (nSPS) is 16.8. The second-order valence-electron chi connectivity index (χ2n) is 7.99. The van der Waals surface area contributed by atoms with Gasteiger partial charge in [-0.15, -0.1) is 0 Å². The van der Waals surface area contributed by atoms with Crippen molar-refractivity contribution in [1.29, 1.82) is 5.26 Å². The van der Waals surface area contributed by atoms with Crippen LogP contribution in [0.3, 0.4) is 0 Å². The van der Waals surface area contributed by atoms with Crippen molar-refractivity contribution in [3.63, 3.8) is 0 Å². The van der Waals surface area contributed by atoms with Crippen molar-refractivity contribution in [3.05, 3.63) is 48.0 Å². The highest BCUT2D eigenvalue weighted by Gasteiger charge is 2.33. The van der Waals surface area contributed by atoms with Crippen molar-refractivity contribution in [2.45, 2.75) is 24.2 Å². The molecule has 0 saturated carbocycles. The number of nitriles is 1. The Labute approximate surface area is 198 Å². The van der Waals surface area contributed by atoms with Gasteiger partial charge >= 0.3 is 5.97 Å². The number of ether oxygens (including phenoxy) is 4. The number of fused-ring (bicyclic) bond motifs is 1. The standard InChI is InChI=1S/C24H26N2O7S/c25-17-18-2-4-20(5-3-18)30-14-15-33-24(27)19-8-10-26(11-9-19)34(28,29)21-6-7-22-23(16-21)32-13-1-12-31-22/h2-7,16,19H,1,8-15H2. The van der Waals surface area contributed by atoms with Crippen LogP contribution in [-0.2, 0) is 19.6 Å². The number of sulfonamides is 1. The van der Waals surface area contributed by atoms with E-state index in [0.29, 0.717) is 48.9 Å². The minimum absolute atomic E-state index is 0.0918. The monoisotopic (exact) mass is 486 g/mol. The van der Waals surface area contributed by atoms with Gasteiger partial charge in [0.1, 0.15) is 19.0 Å². The van der Waals surface area contributed by atoms with Crippen LogP contribution in [-0.4, -0.2) is 58.2 Å². The lowest BCUT2D eigenvalue weighted by molar-refractivity contribution is -0.150. The van der Waals surface area contributed by atoms with Crippen molar-refractivity contribution in [2.75, 3.05) is 39.5 Å². The van der Waals surface area contributed by atoms with E-state index in [9.17, 15) is 13.2 Å². The summed E-state index contributed by atoms with van der Waals surface area (Å²) in [5.74, 6) is 0.853. The van der Waals surface area contributed by atoms with E-state index in [2.05, 4.69) is 0 Å². The Morgan fingerprint density at radius 2 is 1.74 bits per heavy atom. The molecule has 9 nitrogen and oxygen atoms in total. The maximum atomic E-state index is 13.1. The van der Waals surface area contributed by atoms with Gasteiger partial charge in [0, 0.05) is 25.6 Å². The van der Waals surface area contributed by atoms with Crippen LogP contribution in [0.2, 0.25) is 0 Å². The van der Waals surface area contributed by atoms with E-state index in [1.54, 1.807) is 30.3 Å². The molecule has 2 aliphatic heterocycles. The topological polar surface area (TPSA) is 115 Å². The Balaban J connectivity index is 1.25. The molecular formula is C24H26N2O7S. The largest absolute Gasteiger partial charge is 0.490 e. The average molecular weight is 487 g/mol. The van der Waals surface area contributed by atoms with Crippen molar-refractivity contribution < 1.29 is 32.2 Å². The molecular weight excluding hydrogens is 460 g/mol. The van der Waals surface area contributed by atoms with Crippen LogP contribution in [0.5, 0.6) is 17.2 Å². The summed E-state index contributed by atoms with van der Waals surface area (Å²) < 4.78 is 49.6. The first kappa shape index (κ1) is 23.9. The minimum atomic E-state index is -3.71. The van der Waals surface area contributed by atoms with E-state index in [-0.39, 0.29) is 43.1 Å². The molecule has 0 N–H and O–H groups in total. The number of piperidine rings is 1. The smallest absolute Gasteiger partial charge is 0.309 e. The summed E-state index contributed by atoms with van der Waals surface area (Å²) in [5.41, 5.74) is 0.538. The fourth-order valence-corrected chi connectivity index (χ4v) is 5.32. The highest BCUT2D eigenvalue weighted by Crippen LogP contribution is 2.33. The predicted octanol–water partition coefficient (Wildman–Crippen LogP) is 2.74. The van der Waals surface area contributed by atoms with Crippen molar-refractivity contribution in [2.24, 2.45) is 5.92 Å². The zero-order chi connectivity index (χ0) is 24.0. The number of carbonyl (C=O) groups is 1. The molecule has 0 aliphatic carbocycles. The van der Waals surface area contributed by atoms with Gasteiger partial charge in [-0.3, -0.25) is 4.79 Å². The first-order valence-electron chi connectivity index (χ1n) is 11.2. The second kappa shape index (κ2) is 10.8. The zero-order valence-corrected chi connectivity index (χ0v) is 19.5. The lowest BCUT2D eigenvalue weighted by atomic mass is 9.98. The van der Waals surface area contributed by atoms with Crippen LogP contribution in [0.15, 0.2) is 47.4 Å². The summed E-state index contributed by atoms with van der Waals surface area (Å²) in [4.78, 5) is 12.6.